The number of rotatable bonds is 5. The minimum atomic E-state index is -1.07. The third-order valence-corrected chi connectivity index (χ3v) is 4.88. The third kappa shape index (κ3) is 3.35. The quantitative estimate of drug-likeness (QED) is 0.440. The van der Waals surface area contributed by atoms with Crippen LogP contribution in [0.3, 0.4) is 0 Å². The molecule has 1 N–H and O–H groups in total. The Labute approximate surface area is 174 Å². The van der Waals surface area contributed by atoms with E-state index in [-0.39, 0.29) is 11.4 Å². The van der Waals surface area contributed by atoms with Gasteiger partial charge in [0.25, 0.3) is 17.5 Å². The summed E-state index contributed by atoms with van der Waals surface area (Å²) in [6.45, 7) is -0.413. The van der Waals surface area contributed by atoms with E-state index in [4.69, 9.17) is 11.6 Å². The summed E-state index contributed by atoms with van der Waals surface area (Å²) in [5.41, 5.74) is 0.0768. The maximum atomic E-state index is 12.9. The molecule has 0 spiro atoms. The largest absolute Gasteiger partial charge is 0.319 e. The highest BCUT2D eigenvalue weighted by Crippen LogP contribution is 2.32. The molecule has 1 fully saturated rings. The van der Waals surface area contributed by atoms with Gasteiger partial charge >= 0.3 is 0 Å². The molecular weight excluding hydrogens is 416 g/mol. The molecular formula is C18H13ClN6O5. The zero-order valence-corrected chi connectivity index (χ0v) is 15.9. The molecule has 0 aliphatic carbocycles. The first-order valence-electron chi connectivity index (χ1n) is 8.71. The molecule has 2 aromatic carbocycles. The maximum Gasteiger partial charge on any atom is 0.292 e. The highest BCUT2D eigenvalue weighted by Gasteiger charge is 2.55. The number of para-hydroxylation sites is 2. The Morgan fingerprint density at radius 2 is 1.83 bits per heavy atom. The fraction of sp³-hybridized carbons (Fsp3) is 0.167. The Balaban J connectivity index is 1.50. The molecule has 0 aromatic heterocycles. The number of halogens is 1. The summed E-state index contributed by atoms with van der Waals surface area (Å²) in [5.74, 6) is -1.78. The number of anilines is 2. The normalized spacial score (nSPS) is 19.9. The molecule has 2 aromatic rings. The van der Waals surface area contributed by atoms with Crippen molar-refractivity contribution in [2.75, 3.05) is 16.8 Å². The number of fused-ring (bicyclic) bond motifs is 1. The standard InChI is InChI=1S/C18H13ClN6O5/c19-10-5-7-11(8-6-10)24-17(27)15-16(18(24)28)23(22-21-15)9-14(26)20-12-3-1-2-4-13(12)25(29)30/h1-8,15-16H,9H2,(H,20,26)/t15-,16+/m1/s1. The summed E-state index contributed by atoms with van der Waals surface area (Å²) < 4.78 is 0. The van der Waals surface area contributed by atoms with E-state index in [1.807, 2.05) is 0 Å². The van der Waals surface area contributed by atoms with E-state index in [9.17, 15) is 24.5 Å². The van der Waals surface area contributed by atoms with E-state index >= 15 is 0 Å². The molecule has 2 aliphatic heterocycles. The van der Waals surface area contributed by atoms with E-state index < -0.39 is 41.3 Å². The van der Waals surface area contributed by atoms with Crippen LogP contribution >= 0.6 is 11.6 Å². The highest BCUT2D eigenvalue weighted by molar-refractivity contribution is 6.31. The van der Waals surface area contributed by atoms with Crippen LogP contribution in [0.4, 0.5) is 17.1 Å². The van der Waals surface area contributed by atoms with Crippen molar-refractivity contribution >= 4 is 46.4 Å². The number of imide groups is 1. The van der Waals surface area contributed by atoms with E-state index in [1.165, 1.54) is 36.4 Å². The van der Waals surface area contributed by atoms with Gasteiger partial charge in [-0.25, -0.2) is 4.90 Å². The van der Waals surface area contributed by atoms with Crippen molar-refractivity contribution in [1.82, 2.24) is 5.01 Å². The second-order valence-electron chi connectivity index (χ2n) is 6.50. The highest BCUT2D eigenvalue weighted by atomic mass is 35.5. The Hall–Kier alpha value is -3.86. The van der Waals surface area contributed by atoms with Crippen molar-refractivity contribution in [2.24, 2.45) is 10.3 Å². The molecule has 12 heteroatoms. The molecule has 3 amide bonds. The summed E-state index contributed by atoms with van der Waals surface area (Å²) in [7, 11) is 0. The monoisotopic (exact) mass is 428 g/mol. The van der Waals surface area contributed by atoms with Crippen molar-refractivity contribution in [3.8, 4) is 0 Å². The number of nitro benzene ring substituents is 1. The number of amides is 3. The fourth-order valence-electron chi connectivity index (χ4n) is 3.27. The summed E-state index contributed by atoms with van der Waals surface area (Å²) in [6, 6.07) is 9.68. The van der Waals surface area contributed by atoms with Crippen LogP contribution in [-0.4, -0.2) is 46.3 Å². The third-order valence-electron chi connectivity index (χ3n) is 4.62. The van der Waals surface area contributed by atoms with Crippen molar-refractivity contribution in [3.63, 3.8) is 0 Å². The number of hydrogen-bond acceptors (Lipinski definition) is 8. The average Bonchev–Trinajstić information content (AvgIpc) is 3.23. The lowest BCUT2D eigenvalue weighted by Gasteiger charge is -2.20. The predicted molar refractivity (Wildman–Crippen MR) is 105 cm³/mol. The molecule has 11 nitrogen and oxygen atoms in total. The zero-order valence-electron chi connectivity index (χ0n) is 15.1. The topological polar surface area (TPSA) is 138 Å². The second-order valence-corrected chi connectivity index (χ2v) is 6.94. The Morgan fingerprint density at radius 3 is 2.53 bits per heavy atom. The van der Waals surface area contributed by atoms with Crippen LogP contribution in [0, 0.1) is 10.1 Å². The summed E-state index contributed by atoms with van der Waals surface area (Å²) in [6.07, 6.45) is 0. The molecule has 0 bridgehead atoms. The number of hydrogen-bond donors (Lipinski definition) is 1. The number of nitro groups is 1. The van der Waals surface area contributed by atoms with E-state index in [0.717, 1.165) is 9.91 Å². The Morgan fingerprint density at radius 1 is 1.13 bits per heavy atom. The van der Waals surface area contributed by atoms with Crippen LogP contribution in [0.2, 0.25) is 5.02 Å². The zero-order chi connectivity index (χ0) is 21.4. The molecule has 152 valence electrons. The number of nitrogens with zero attached hydrogens (tertiary/aromatic N) is 5. The van der Waals surface area contributed by atoms with E-state index in [2.05, 4.69) is 15.7 Å². The van der Waals surface area contributed by atoms with Gasteiger partial charge in [-0.15, -0.1) is 0 Å². The molecule has 0 saturated carbocycles. The number of nitrogens with one attached hydrogen (secondary N) is 1. The molecule has 2 aliphatic rings. The van der Waals surface area contributed by atoms with Gasteiger partial charge in [0.1, 0.15) is 12.2 Å². The van der Waals surface area contributed by atoms with Crippen LogP contribution in [0.1, 0.15) is 0 Å². The minimum absolute atomic E-state index is 0.0109. The first-order chi connectivity index (χ1) is 14.4. The van der Waals surface area contributed by atoms with Gasteiger partial charge in [-0.05, 0) is 30.3 Å². The van der Waals surface area contributed by atoms with Gasteiger partial charge in [-0.2, -0.15) is 5.11 Å². The molecule has 0 unspecified atom stereocenters. The van der Waals surface area contributed by atoms with Gasteiger partial charge in [0, 0.05) is 11.1 Å². The van der Waals surface area contributed by atoms with Gasteiger partial charge in [0.15, 0.2) is 12.1 Å². The van der Waals surface area contributed by atoms with Gasteiger partial charge in [0.05, 0.1) is 10.6 Å². The lowest BCUT2D eigenvalue weighted by atomic mass is 10.1. The number of carbonyl (C=O) groups excluding carboxylic acids is 3. The first kappa shape index (κ1) is 19.5. The lowest BCUT2D eigenvalue weighted by molar-refractivity contribution is -0.383. The van der Waals surface area contributed by atoms with Gasteiger partial charge in [-0.3, -0.25) is 29.5 Å². The van der Waals surface area contributed by atoms with Crippen LogP contribution in [0.15, 0.2) is 58.9 Å². The molecule has 2 atom stereocenters. The van der Waals surface area contributed by atoms with Crippen LogP contribution < -0.4 is 10.2 Å². The van der Waals surface area contributed by atoms with Crippen LogP contribution in [0.5, 0.6) is 0 Å². The van der Waals surface area contributed by atoms with Crippen molar-refractivity contribution in [1.29, 1.82) is 0 Å². The maximum absolute atomic E-state index is 12.9. The summed E-state index contributed by atoms with van der Waals surface area (Å²) in [5, 5.41) is 22.7. The molecule has 0 radical (unpaired) electrons. The summed E-state index contributed by atoms with van der Waals surface area (Å²) >= 11 is 5.85. The second kappa shape index (κ2) is 7.52. The molecule has 4 rings (SSSR count). The van der Waals surface area contributed by atoms with Crippen molar-refractivity contribution in [2.45, 2.75) is 12.1 Å². The van der Waals surface area contributed by atoms with Gasteiger partial charge in [0.2, 0.25) is 5.91 Å². The first-order valence-corrected chi connectivity index (χ1v) is 9.08. The van der Waals surface area contributed by atoms with Gasteiger partial charge in [-0.1, -0.05) is 29.0 Å². The lowest BCUT2D eigenvalue weighted by Crippen LogP contribution is -2.43. The average molecular weight is 429 g/mol. The Kier molecular flexibility index (Phi) is 4.88. The van der Waals surface area contributed by atoms with E-state index in [1.54, 1.807) is 12.1 Å². The molecule has 1 saturated heterocycles. The minimum Gasteiger partial charge on any atom is -0.319 e. The van der Waals surface area contributed by atoms with Crippen molar-refractivity contribution < 1.29 is 19.3 Å². The summed E-state index contributed by atoms with van der Waals surface area (Å²) in [4.78, 5) is 49.4. The van der Waals surface area contributed by atoms with Crippen molar-refractivity contribution in [3.05, 3.63) is 63.7 Å². The fourth-order valence-corrected chi connectivity index (χ4v) is 3.40. The number of carbonyl (C=O) groups is 3. The van der Waals surface area contributed by atoms with Crippen LogP contribution in [0.25, 0.3) is 0 Å². The smallest absolute Gasteiger partial charge is 0.292 e. The SMILES string of the molecule is O=C(CN1N=N[C@H]2C(=O)N(c3ccc(Cl)cc3)C(=O)[C@H]21)Nc1ccccc1[N+](=O)[O-]. The molecule has 2 heterocycles. The predicted octanol–water partition coefficient (Wildman–Crippen LogP) is 2.18. The number of benzene rings is 2. The molecule has 30 heavy (non-hydrogen) atoms. The van der Waals surface area contributed by atoms with Gasteiger partial charge < -0.3 is 5.32 Å². The Bertz CT molecular complexity index is 1090. The van der Waals surface area contributed by atoms with E-state index in [0.29, 0.717) is 10.7 Å². The van der Waals surface area contributed by atoms with Crippen LogP contribution in [-0.2, 0) is 14.4 Å².